The number of carbonyl (C=O) groups is 1. The van der Waals surface area contributed by atoms with E-state index in [1.54, 1.807) is 0 Å². The van der Waals surface area contributed by atoms with Crippen molar-refractivity contribution < 1.29 is 14.6 Å². The van der Waals surface area contributed by atoms with E-state index in [0.717, 1.165) is 28.6 Å². The summed E-state index contributed by atoms with van der Waals surface area (Å²) in [5, 5.41) is 17.0. The summed E-state index contributed by atoms with van der Waals surface area (Å²) >= 11 is 0. The first-order chi connectivity index (χ1) is 11.5. The Bertz CT molecular complexity index is 667. The molecule has 0 spiro atoms. The Hall–Kier alpha value is -2.05. The number of nitrogens with one attached hydrogen (secondary N) is 3. The number of aliphatic hydroxyl groups is 1. The molecule has 1 aromatic carbocycles. The summed E-state index contributed by atoms with van der Waals surface area (Å²) in [5.74, 6) is 0.703. The van der Waals surface area contributed by atoms with Gasteiger partial charge in [-0.05, 0) is 30.2 Å². The number of fused-ring (bicyclic) bond motifs is 1. The number of aromatic nitrogens is 1. The Labute approximate surface area is 142 Å². The summed E-state index contributed by atoms with van der Waals surface area (Å²) in [4.78, 5) is 14.2. The summed E-state index contributed by atoms with van der Waals surface area (Å²) in [6.45, 7) is 6.95. The second-order valence-electron chi connectivity index (χ2n) is 6.28. The second-order valence-corrected chi connectivity index (χ2v) is 6.28. The van der Waals surface area contributed by atoms with Crippen molar-refractivity contribution in [2.45, 2.75) is 39.3 Å². The lowest BCUT2D eigenvalue weighted by molar-refractivity contribution is -0.118. The van der Waals surface area contributed by atoms with Gasteiger partial charge in [-0.3, -0.25) is 4.79 Å². The maximum Gasteiger partial charge on any atom is 0.216 e. The molecule has 1 amide bonds. The first kappa shape index (κ1) is 18.3. The Morgan fingerprint density at radius 1 is 1.38 bits per heavy atom. The Morgan fingerprint density at radius 3 is 2.88 bits per heavy atom. The van der Waals surface area contributed by atoms with Crippen LogP contribution in [0.25, 0.3) is 10.9 Å². The Morgan fingerprint density at radius 2 is 2.17 bits per heavy atom. The number of rotatable bonds is 9. The van der Waals surface area contributed by atoms with Crippen LogP contribution in [0.5, 0.6) is 5.75 Å². The van der Waals surface area contributed by atoms with Crippen molar-refractivity contribution in [1.82, 2.24) is 15.6 Å². The van der Waals surface area contributed by atoms with Crippen molar-refractivity contribution in [3.8, 4) is 5.75 Å². The van der Waals surface area contributed by atoms with Gasteiger partial charge in [0.15, 0.2) is 0 Å². The lowest BCUT2D eigenvalue weighted by Gasteiger charge is -2.15. The van der Waals surface area contributed by atoms with Gasteiger partial charge in [0, 0.05) is 43.2 Å². The monoisotopic (exact) mass is 333 g/mol. The van der Waals surface area contributed by atoms with Gasteiger partial charge in [-0.2, -0.15) is 0 Å². The van der Waals surface area contributed by atoms with Crippen LogP contribution in [0.1, 0.15) is 26.3 Å². The third-order valence-corrected chi connectivity index (χ3v) is 3.71. The highest BCUT2D eigenvalue weighted by Crippen LogP contribution is 2.24. The molecule has 0 radical (unpaired) electrons. The Balaban J connectivity index is 1.95. The molecule has 1 heterocycles. The van der Waals surface area contributed by atoms with Crippen molar-refractivity contribution in [3.63, 3.8) is 0 Å². The number of aromatic amines is 1. The van der Waals surface area contributed by atoms with Gasteiger partial charge in [0.1, 0.15) is 18.5 Å². The highest BCUT2D eigenvalue weighted by Gasteiger charge is 2.09. The molecule has 2 rings (SSSR count). The third kappa shape index (κ3) is 5.54. The molecule has 132 valence electrons. The summed E-state index contributed by atoms with van der Waals surface area (Å²) < 4.78 is 5.70. The minimum absolute atomic E-state index is 0.0251. The molecule has 0 saturated carbocycles. The number of hydrogen-bond donors (Lipinski definition) is 4. The van der Waals surface area contributed by atoms with Gasteiger partial charge >= 0.3 is 0 Å². The molecule has 0 fully saturated rings. The summed E-state index contributed by atoms with van der Waals surface area (Å²) in [7, 11) is 0. The summed E-state index contributed by atoms with van der Waals surface area (Å²) in [6, 6.07) is 6.16. The van der Waals surface area contributed by atoms with Crippen LogP contribution < -0.4 is 15.4 Å². The van der Waals surface area contributed by atoms with E-state index >= 15 is 0 Å². The van der Waals surface area contributed by atoms with Crippen LogP contribution in [-0.4, -0.2) is 47.8 Å². The molecule has 0 aliphatic carbocycles. The zero-order valence-corrected chi connectivity index (χ0v) is 14.6. The van der Waals surface area contributed by atoms with E-state index in [9.17, 15) is 9.90 Å². The SMILES string of the molecule is CC(=O)NCCc1c[nH]c2ccc(OCC(O)CNC(C)C)cc12. The van der Waals surface area contributed by atoms with Gasteiger partial charge in [0.2, 0.25) is 5.91 Å². The second kappa shape index (κ2) is 8.70. The molecule has 4 N–H and O–H groups in total. The smallest absolute Gasteiger partial charge is 0.216 e. The fourth-order valence-electron chi connectivity index (χ4n) is 2.45. The minimum Gasteiger partial charge on any atom is -0.491 e. The number of benzene rings is 1. The van der Waals surface area contributed by atoms with Gasteiger partial charge < -0.3 is 25.5 Å². The van der Waals surface area contributed by atoms with Gasteiger partial charge in [-0.1, -0.05) is 13.8 Å². The number of amides is 1. The van der Waals surface area contributed by atoms with Crippen LogP contribution in [0, 0.1) is 0 Å². The van der Waals surface area contributed by atoms with E-state index in [1.165, 1.54) is 6.92 Å². The lowest BCUT2D eigenvalue weighted by Crippen LogP contribution is -2.35. The minimum atomic E-state index is -0.548. The van der Waals surface area contributed by atoms with Crippen LogP contribution in [0.15, 0.2) is 24.4 Å². The number of H-pyrrole nitrogens is 1. The van der Waals surface area contributed by atoms with E-state index < -0.39 is 6.10 Å². The average molecular weight is 333 g/mol. The van der Waals surface area contributed by atoms with E-state index in [4.69, 9.17) is 4.74 Å². The van der Waals surface area contributed by atoms with Gasteiger partial charge in [-0.25, -0.2) is 0 Å². The highest BCUT2D eigenvalue weighted by atomic mass is 16.5. The van der Waals surface area contributed by atoms with E-state index in [1.807, 2.05) is 38.2 Å². The molecule has 2 aromatic rings. The van der Waals surface area contributed by atoms with Gasteiger partial charge in [-0.15, -0.1) is 0 Å². The largest absolute Gasteiger partial charge is 0.491 e. The predicted molar refractivity (Wildman–Crippen MR) is 95.3 cm³/mol. The number of ether oxygens (including phenoxy) is 1. The normalized spacial score (nSPS) is 12.5. The summed E-state index contributed by atoms with van der Waals surface area (Å²) in [6.07, 6.45) is 2.16. The predicted octanol–water partition coefficient (Wildman–Crippen LogP) is 1.58. The molecular formula is C18H27N3O3. The molecule has 1 atom stereocenters. The zero-order valence-electron chi connectivity index (χ0n) is 14.6. The average Bonchev–Trinajstić information content (AvgIpc) is 2.93. The molecule has 0 aliphatic rings. The standard InChI is InChI=1S/C18H27N3O3/c1-12(2)20-10-15(23)11-24-16-4-5-18-17(8-16)14(9-21-18)6-7-19-13(3)22/h4-5,8-9,12,15,20-21,23H,6-7,10-11H2,1-3H3,(H,19,22). The summed E-state index contributed by atoms with van der Waals surface area (Å²) in [5.41, 5.74) is 2.16. The van der Waals surface area contributed by atoms with Gasteiger partial charge in [0.05, 0.1) is 0 Å². The number of carbonyl (C=O) groups excluding carboxylic acids is 1. The van der Waals surface area contributed by atoms with Crippen LogP contribution in [0.3, 0.4) is 0 Å². The molecule has 1 unspecified atom stereocenters. The fourth-order valence-corrected chi connectivity index (χ4v) is 2.45. The molecule has 6 heteroatoms. The zero-order chi connectivity index (χ0) is 17.5. The molecule has 1 aromatic heterocycles. The maximum absolute atomic E-state index is 11.0. The molecular weight excluding hydrogens is 306 g/mol. The van der Waals surface area contributed by atoms with E-state index in [-0.39, 0.29) is 12.5 Å². The first-order valence-electron chi connectivity index (χ1n) is 8.34. The topological polar surface area (TPSA) is 86.4 Å². The third-order valence-electron chi connectivity index (χ3n) is 3.71. The van der Waals surface area contributed by atoms with Crippen LogP contribution in [0.4, 0.5) is 0 Å². The van der Waals surface area contributed by atoms with E-state index in [2.05, 4.69) is 15.6 Å². The Kier molecular flexibility index (Phi) is 6.63. The number of aliphatic hydroxyl groups excluding tert-OH is 1. The van der Waals surface area contributed by atoms with Crippen molar-refractivity contribution in [3.05, 3.63) is 30.0 Å². The molecule has 0 bridgehead atoms. The maximum atomic E-state index is 11.0. The number of hydrogen-bond acceptors (Lipinski definition) is 4. The quantitative estimate of drug-likeness (QED) is 0.561. The van der Waals surface area contributed by atoms with Crippen LogP contribution in [0.2, 0.25) is 0 Å². The van der Waals surface area contributed by atoms with Crippen LogP contribution >= 0.6 is 0 Å². The van der Waals surface area contributed by atoms with Crippen molar-refractivity contribution in [2.75, 3.05) is 19.7 Å². The molecule has 24 heavy (non-hydrogen) atoms. The molecule has 0 saturated heterocycles. The highest BCUT2D eigenvalue weighted by molar-refractivity contribution is 5.84. The van der Waals surface area contributed by atoms with Crippen molar-refractivity contribution >= 4 is 16.8 Å². The lowest BCUT2D eigenvalue weighted by atomic mass is 10.1. The van der Waals surface area contributed by atoms with Crippen LogP contribution in [-0.2, 0) is 11.2 Å². The first-order valence-corrected chi connectivity index (χ1v) is 8.34. The van der Waals surface area contributed by atoms with Crippen molar-refractivity contribution in [2.24, 2.45) is 0 Å². The fraction of sp³-hybridized carbons (Fsp3) is 0.500. The molecule has 0 aliphatic heterocycles. The van der Waals surface area contributed by atoms with Gasteiger partial charge in [0.25, 0.3) is 0 Å². The molecule has 6 nitrogen and oxygen atoms in total. The van der Waals surface area contributed by atoms with E-state index in [0.29, 0.717) is 19.1 Å². The van der Waals surface area contributed by atoms with Crippen molar-refractivity contribution in [1.29, 1.82) is 0 Å².